The Hall–Kier alpha value is -1.29. The molecule has 0 fully saturated rings. The van der Waals surface area contributed by atoms with E-state index < -0.39 is 10.0 Å². The van der Waals surface area contributed by atoms with Gasteiger partial charge in [0.15, 0.2) is 5.82 Å². The smallest absolute Gasteiger partial charge is 0.250 e. The lowest BCUT2D eigenvalue weighted by Crippen LogP contribution is -2.25. The van der Waals surface area contributed by atoms with E-state index in [1.165, 1.54) is 11.3 Å². The SMILES string of the molecule is CNCc1csc(S(=O)(=O)NCCc2ncn(C)n2)c1. The minimum Gasteiger partial charge on any atom is -0.316 e. The van der Waals surface area contributed by atoms with Crippen LogP contribution in [0.5, 0.6) is 0 Å². The maximum atomic E-state index is 12.1. The fourth-order valence-electron chi connectivity index (χ4n) is 1.66. The number of sulfonamides is 1. The third kappa shape index (κ3) is 3.85. The summed E-state index contributed by atoms with van der Waals surface area (Å²) in [5, 5.41) is 8.92. The fourth-order valence-corrected chi connectivity index (χ4v) is 3.94. The van der Waals surface area contributed by atoms with Crippen molar-refractivity contribution >= 4 is 21.4 Å². The summed E-state index contributed by atoms with van der Waals surface area (Å²) in [6.45, 7) is 0.940. The first-order chi connectivity index (χ1) is 9.51. The van der Waals surface area contributed by atoms with Crippen LogP contribution in [0.3, 0.4) is 0 Å². The Morgan fingerprint density at radius 2 is 2.25 bits per heavy atom. The summed E-state index contributed by atoms with van der Waals surface area (Å²) in [6.07, 6.45) is 2.06. The molecule has 9 heteroatoms. The van der Waals surface area contributed by atoms with Gasteiger partial charge in [-0.25, -0.2) is 18.1 Å². The molecule has 0 amide bonds. The first-order valence-corrected chi connectivity index (χ1v) is 8.44. The molecule has 0 saturated carbocycles. The van der Waals surface area contributed by atoms with Crippen molar-refractivity contribution in [3.8, 4) is 0 Å². The first-order valence-electron chi connectivity index (χ1n) is 6.07. The minimum atomic E-state index is -3.44. The Morgan fingerprint density at radius 1 is 1.45 bits per heavy atom. The van der Waals surface area contributed by atoms with Gasteiger partial charge in [-0.05, 0) is 24.1 Å². The highest BCUT2D eigenvalue weighted by atomic mass is 32.2. The second kappa shape index (κ2) is 6.44. The summed E-state index contributed by atoms with van der Waals surface area (Å²) in [7, 11) is 0.154. The van der Waals surface area contributed by atoms with Crippen LogP contribution in [0.1, 0.15) is 11.4 Å². The zero-order valence-corrected chi connectivity index (χ0v) is 13.0. The highest BCUT2D eigenvalue weighted by Crippen LogP contribution is 2.19. The van der Waals surface area contributed by atoms with Crippen molar-refractivity contribution in [2.45, 2.75) is 17.2 Å². The average Bonchev–Trinajstić information content (AvgIpc) is 2.99. The van der Waals surface area contributed by atoms with Crippen molar-refractivity contribution in [2.75, 3.05) is 13.6 Å². The molecule has 0 aromatic carbocycles. The number of nitrogens with zero attached hydrogens (tertiary/aromatic N) is 3. The van der Waals surface area contributed by atoms with Crippen molar-refractivity contribution in [3.05, 3.63) is 29.2 Å². The molecule has 2 aromatic heterocycles. The lowest BCUT2D eigenvalue weighted by atomic mass is 10.3. The van der Waals surface area contributed by atoms with E-state index >= 15 is 0 Å². The van der Waals surface area contributed by atoms with E-state index in [2.05, 4.69) is 20.1 Å². The molecule has 0 aliphatic rings. The van der Waals surface area contributed by atoms with Crippen molar-refractivity contribution in [2.24, 2.45) is 7.05 Å². The van der Waals surface area contributed by atoms with Crippen LogP contribution in [0.4, 0.5) is 0 Å². The van der Waals surface area contributed by atoms with Crippen LogP contribution in [0.15, 0.2) is 22.0 Å². The van der Waals surface area contributed by atoms with E-state index in [4.69, 9.17) is 0 Å². The molecule has 0 saturated heterocycles. The molecule has 2 heterocycles. The summed E-state index contributed by atoms with van der Waals surface area (Å²) >= 11 is 1.22. The van der Waals surface area contributed by atoms with Crippen molar-refractivity contribution in [1.82, 2.24) is 24.8 Å². The molecule has 0 aliphatic carbocycles. The van der Waals surface area contributed by atoms with Gasteiger partial charge in [-0.1, -0.05) is 0 Å². The number of nitrogens with one attached hydrogen (secondary N) is 2. The zero-order valence-electron chi connectivity index (χ0n) is 11.3. The minimum absolute atomic E-state index is 0.283. The average molecular weight is 315 g/mol. The van der Waals surface area contributed by atoms with Gasteiger partial charge in [-0.2, -0.15) is 5.10 Å². The van der Waals surface area contributed by atoms with Gasteiger partial charge >= 0.3 is 0 Å². The highest BCUT2D eigenvalue weighted by molar-refractivity contribution is 7.91. The van der Waals surface area contributed by atoms with Gasteiger partial charge in [-0.15, -0.1) is 11.3 Å². The molecule has 2 N–H and O–H groups in total. The van der Waals surface area contributed by atoms with Gasteiger partial charge < -0.3 is 5.32 Å². The topological polar surface area (TPSA) is 88.9 Å². The van der Waals surface area contributed by atoms with E-state index in [-0.39, 0.29) is 6.54 Å². The predicted molar refractivity (Wildman–Crippen MR) is 77.0 cm³/mol. The molecule has 2 rings (SSSR count). The fraction of sp³-hybridized carbons (Fsp3) is 0.455. The van der Waals surface area contributed by atoms with E-state index in [0.29, 0.717) is 23.0 Å². The van der Waals surface area contributed by atoms with E-state index in [1.54, 1.807) is 24.1 Å². The number of rotatable bonds is 7. The number of hydrogen-bond donors (Lipinski definition) is 2. The Balaban J connectivity index is 1.92. The zero-order chi connectivity index (χ0) is 14.6. The van der Waals surface area contributed by atoms with Crippen LogP contribution in [0.2, 0.25) is 0 Å². The Labute approximate surface area is 122 Å². The van der Waals surface area contributed by atoms with Crippen LogP contribution in [0.25, 0.3) is 0 Å². The predicted octanol–water partition coefficient (Wildman–Crippen LogP) is 0.117. The van der Waals surface area contributed by atoms with Crippen LogP contribution in [-0.4, -0.2) is 36.8 Å². The van der Waals surface area contributed by atoms with Crippen LogP contribution >= 0.6 is 11.3 Å². The summed E-state index contributed by atoms with van der Waals surface area (Å²) in [6, 6.07) is 1.68. The molecule has 110 valence electrons. The van der Waals surface area contributed by atoms with Crippen LogP contribution in [-0.2, 0) is 30.0 Å². The van der Waals surface area contributed by atoms with E-state index in [1.807, 2.05) is 12.4 Å². The molecule has 0 spiro atoms. The maximum absolute atomic E-state index is 12.1. The molecule has 0 bridgehead atoms. The van der Waals surface area contributed by atoms with Gasteiger partial charge in [0, 0.05) is 26.6 Å². The van der Waals surface area contributed by atoms with Crippen LogP contribution < -0.4 is 10.0 Å². The molecular weight excluding hydrogens is 298 g/mol. The summed E-state index contributed by atoms with van der Waals surface area (Å²) in [5.74, 6) is 0.622. The molecule has 7 nitrogen and oxygen atoms in total. The summed E-state index contributed by atoms with van der Waals surface area (Å²) in [5.41, 5.74) is 0.962. The highest BCUT2D eigenvalue weighted by Gasteiger charge is 2.16. The van der Waals surface area contributed by atoms with Crippen molar-refractivity contribution < 1.29 is 8.42 Å². The maximum Gasteiger partial charge on any atom is 0.250 e. The van der Waals surface area contributed by atoms with Crippen molar-refractivity contribution in [1.29, 1.82) is 0 Å². The van der Waals surface area contributed by atoms with Crippen LogP contribution in [0, 0.1) is 0 Å². The number of thiophene rings is 1. The quantitative estimate of drug-likeness (QED) is 0.757. The lowest BCUT2D eigenvalue weighted by Gasteiger charge is -2.02. The second-order valence-electron chi connectivity index (χ2n) is 4.29. The first kappa shape index (κ1) is 15.1. The second-order valence-corrected chi connectivity index (χ2v) is 7.19. The third-order valence-corrected chi connectivity index (χ3v) is 5.51. The van der Waals surface area contributed by atoms with E-state index in [9.17, 15) is 8.42 Å². The van der Waals surface area contributed by atoms with E-state index in [0.717, 1.165) is 5.56 Å². The largest absolute Gasteiger partial charge is 0.316 e. The Kier molecular flexibility index (Phi) is 4.86. The standard InChI is InChI=1S/C11H17N5O2S2/c1-12-6-9-5-11(19-7-9)20(17,18)14-4-3-10-13-8-16(2)15-10/h5,7-8,12,14H,3-4,6H2,1-2H3. The molecule has 0 radical (unpaired) electrons. The Morgan fingerprint density at radius 3 is 2.90 bits per heavy atom. The monoisotopic (exact) mass is 315 g/mol. The summed E-state index contributed by atoms with van der Waals surface area (Å²) < 4.78 is 28.6. The number of hydrogen-bond acceptors (Lipinski definition) is 6. The molecule has 2 aromatic rings. The molecular formula is C11H17N5O2S2. The molecule has 0 unspecified atom stereocenters. The Bertz CT molecular complexity index is 662. The number of aromatic nitrogens is 3. The molecule has 0 atom stereocenters. The van der Waals surface area contributed by atoms with Gasteiger partial charge in [0.1, 0.15) is 10.5 Å². The summed E-state index contributed by atoms with van der Waals surface area (Å²) in [4.78, 5) is 4.05. The van der Waals surface area contributed by atoms with Gasteiger partial charge in [0.05, 0.1) is 0 Å². The normalized spacial score (nSPS) is 11.9. The third-order valence-electron chi connectivity index (χ3n) is 2.56. The van der Waals surface area contributed by atoms with Gasteiger partial charge in [0.25, 0.3) is 0 Å². The molecule has 0 aliphatic heterocycles. The number of aryl methyl sites for hydroxylation is 1. The van der Waals surface area contributed by atoms with Gasteiger partial charge in [0.2, 0.25) is 10.0 Å². The van der Waals surface area contributed by atoms with Crippen molar-refractivity contribution in [3.63, 3.8) is 0 Å². The molecule has 20 heavy (non-hydrogen) atoms. The van der Waals surface area contributed by atoms with Gasteiger partial charge in [-0.3, -0.25) is 4.68 Å². The lowest BCUT2D eigenvalue weighted by molar-refractivity contribution is 0.582.